The Kier molecular flexibility index (Phi) is 4.61. The monoisotopic (exact) mass is 318 g/mol. The predicted octanol–water partition coefficient (Wildman–Crippen LogP) is 4.14. The zero-order chi connectivity index (χ0) is 13.8. The van der Waals surface area contributed by atoms with Crippen LogP contribution in [0.25, 0.3) is 0 Å². The van der Waals surface area contributed by atoms with Gasteiger partial charge in [-0.3, -0.25) is 4.90 Å². The molecule has 0 fully saturated rings. The van der Waals surface area contributed by atoms with Crippen LogP contribution in [-0.2, 0) is 0 Å². The van der Waals surface area contributed by atoms with Crippen molar-refractivity contribution in [3.8, 4) is 0 Å². The van der Waals surface area contributed by atoms with Crippen LogP contribution in [0.1, 0.15) is 17.2 Å². The Morgan fingerprint density at radius 2 is 1.79 bits per heavy atom. The third-order valence-corrected chi connectivity index (χ3v) is 3.93. The average molecular weight is 319 g/mol. The van der Waals surface area contributed by atoms with Crippen molar-refractivity contribution < 1.29 is 0 Å². The molecule has 0 spiro atoms. The number of nitrogens with zero attached hydrogens (tertiary/aromatic N) is 1. The van der Waals surface area contributed by atoms with Gasteiger partial charge in [-0.2, -0.15) is 0 Å². The lowest BCUT2D eigenvalue weighted by Crippen LogP contribution is -2.21. The molecule has 0 amide bonds. The summed E-state index contributed by atoms with van der Waals surface area (Å²) in [6.07, 6.45) is 0. The van der Waals surface area contributed by atoms with Crippen LogP contribution >= 0.6 is 15.9 Å². The van der Waals surface area contributed by atoms with Crippen molar-refractivity contribution in [2.45, 2.75) is 6.04 Å². The van der Waals surface area contributed by atoms with E-state index in [0.29, 0.717) is 0 Å². The number of rotatable bonds is 4. The topological polar surface area (TPSA) is 15.3 Å². The minimum atomic E-state index is 0.240. The SMILES string of the molecule is CNc1cccc(C(c2ccccc2Br)N(C)C)c1. The molecule has 0 aliphatic carbocycles. The molecule has 0 saturated carbocycles. The molecule has 3 heteroatoms. The van der Waals surface area contributed by atoms with Crippen molar-refractivity contribution in [2.24, 2.45) is 0 Å². The first-order chi connectivity index (χ1) is 9.13. The first kappa shape index (κ1) is 14.1. The normalized spacial score (nSPS) is 12.5. The van der Waals surface area contributed by atoms with Crippen molar-refractivity contribution in [1.82, 2.24) is 4.90 Å². The Bertz CT molecular complexity index is 552. The summed E-state index contributed by atoms with van der Waals surface area (Å²) in [7, 11) is 6.16. The van der Waals surface area contributed by atoms with E-state index in [4.69, 9.17) is 0 Å². The van der Waals surface area contributed by atoms with Crippen LogP contribution in [0.3, 0.4) is 0 Å². The lowest BCUT2D eigenvalue weighted by atomic mass is 9.97. The van der Waals surface area contributed by atoms with Gasteiger partial charge in [0, 0.05) is 17.2 Å². The smallest absolute Gasteiger partial charge is 0.0608 e. The van der Waals surface area contributed by atoms with Gasteiger partial charge >= 0.3 is 0 Å². The van der Waals surface area contributed by atoms with Gasteiger partial charge in [0.15, 0.2) is 0 Å². The van der Waals surface area contributed by atoms with Gasteiger partial charge in [0.2, 0.25) is 0 Å². The highest BCUT2D eigenvalue weighted by molar-refractivity contribution is 9.10. The zero-order valence-corrected chi connectivity index (χ0v) is 13.1. The van der Waals surface area contributed by atoms with Crippen molar-refractivity contribution in [2.75, 3.05) is 26.5 Å². The highest BCUT2D eigenvalue weighted by atomic mass is 79.9. The maximum atomic E-state index is 3.66. The second-order valence-corrected chi connectivity index (χ2v) is 5.62. The highest BCUT2D eigenvalue weighted by Crippen LogP contribution is 2.32. The summed E-state index contributed by atoms with van der Waals surface area (Å²) in [4.78, 5) is 2.23. The van der Waals surface area contributed by atoms with E-state index in [2.05, 4.69) is 82.7 Å². The fourth-order valence-electron chi connectivity index (χ4n) is 2.32. The molecule has 0 heterocycles. The molecule has 2 aromatic rings. The summed E-state index contributed by atoms with van der Waals surface area (Å²) in [5.74, 6) is 0. The summed E-state index contributed by atoms with van der Waals surface area (Å²) in [6, 6.07) is 17.2. The molecule has 0 saturated heterocycles. The van der Waals surface area contributed by atoms with E-state index in [1.54, 1.807) is 0 Å². The molecule has 0 aliphatic rings. The summed E-state index contributed by atoms with van der Waals surface area (Å²) in [5.41, 5.74) is 3.70. The molecular weight excluding hydrogens is 300 g/mol. The number of hydrogen-bond donors (Lipinski definition) is 1. The van der Waals surface area contributed by atoms with Gasteiger partial charge in [-0.1, -0.05) is 46.3 Å². The molecule has 19 heavy (non-hydrogen) atoms. The lowest BCUT2D eigenvalue weighted by Gasteiger charge is -2.26. The highest BCUT2D eigenvalue weighted by Gasteiger charge is 2.18. The second-order valence-electron chi connectivity index (χ2n) is 4.76. The molecule has 1 unspecified atom stereocenters. The summed E-state index contributed by atoms with van der Waals surface area (Å²) in [6.45, 7) is 0. The van der Waals surface area contributed by atoms with Gasteiger partial charge < -0.3 is 5.32 Å². The Hall–Kier alpha value is -1.32. The largest absolute Gasteiger partial charge is 0.388 e. The van der Waals surface area contributed by atoms with Gasteiger partial charge in [0.05, 0.1) is 6.04 Å². The van der Waals surface area contributed by atoms with Crippen LogP contribution in [0, 0.1) is 0 Å². The fraction of sp³-hybridized carbons (Fsp3) is 0.250. The van der Waals surface area contributed by atoms with E-state index in [9.17, 15) is 0 Å². The number of anilines is 1. The quantitative estimate of drug-likeness (QED) is 0.911. The number of hydrogen-bond acceptors (Lipinski definition) is 2. The first-order valence-electron chi connectivity index (χ1n) is 6.32. The Balaban J connectivity index is 2.49. The molecule has 2 aromatic carbocycles. The molecule has 0 aromatic heterocycles. The number of halogens is 1. The summed E-state index contributed by atoms with van der Waals surface area (Å²) < 4.78 is 1.14. The van der Waals surface area contributed by atoms with Crippen molar-refractivity contribution in [1.29, 1.82) is 0 Å². The van der Waals surface area contributed by atoms with Crippen LogP contribution in [0.4, 0.5) is 5.69 Å². The van der Waals surface area contributed by atoms with E-state index >= 15 is 0 Å². The van der Waals surface area contributed by atoms with Crippen LogP contribution in [0.15, 0.2) is 53.0 Å². The van der Waals surface area contributed by atoms with E-state index in [0.717, 1.165) is 10.2 Å². The summed E-state index contributed by atoms with van der Waals surface area (Å²) >= 11 is 3.66. The Morgan fingerprint density at radius 3 is 2.42 bits per heavy atom. The van der Waals surface area contributed by atoms with Gasteiger partial charge in [-0.25, -0.2) is 0 Å². The second kappa shape index (κ2) is 6.22. The van der Waals surface area contributed by atoms with E-state index in [1.807, 2.05) is 13.1 Å². The lowest BCUT2D eigenvalue weighted by molar-refractivity contribution is 0.341. The molecule has 0 aliphatic heterocycles. The zero-order valence-electron chi connectivity index (χ0n) is 11.5. The Labute approximate surface area is 123 Å². The molecular formula is C16H19BrN2. The summed E-state index contributed by atoms with van der Waals surface area (Å²) in [5, 5.41) is 3.20. The molecule has 2 rings (SSSR count). The van der Waals surface area contributed by atoms with E-state index in [1.165, 1.54) is 11.1 Å². The van der Waals surface area contributed by atoms with Gasteiger partial charge in [-0.15, -0.1) is 0 Å². The van der Waals surface area contributed by atoms with Gasteiger partial charge in [-0.05, 0) is 43.4 Å². The molecule has 2 nitrogen and oxygen atoms in total. The molecule has 0 bridgehead atoms. The fourth-order valence-corrected chi connectivity index (χ4v) is 2.82. The molecule has 1 N–H and O–H groups in total. The predicted molar refractivity (Wildman–Crippen MR) is 85.7 cm³/mol. The average Bonchev–Trinajstić information content (AvgIpc) is 2.41. The maximum Gasteiger partial charge on any atom is 0.0608 e. The van der Waals surface area contributed by atoms with Gasteiger partial charge in [0.25, 0.3) is 0 Å². The van der Waals surface area contributed by atoms with Crippen molar-refractivity contribution in [3.63, 3.8) is 0 Å². The first-order valence-corrected chi connectivity index (χ1v) is 7.11. The minimum absolute atomic E-state index is 0.240. The Morgan fingerprint density at radius 1 is 1.05 bits per heavy atom. The van der Waals surface area contributed by atoms with Gasteiger partial charge in [0.1, 0.15) is 0 Å². The van der Waals surface area contributed by atoms with Crippen LogP contribution in [-0.4, -0.2) is 26.0 Å². The number of benzene rings is 2. The van der Waals surface area contributed by atoms with Crippen LogP contribution in [0.2, 0.25) is 0 Å². The van der Waals surface area contributed by atoms with Crippen LogP contribution < -0.4 is 5.32 Å². The third-order valence-electron chi connectivity index (χ3n) is 3.21. The van der Waals surface area contributed by atoms with E-state index in [-0.39, 0.29) is 6.04 Å². The molecule has 1 atom stereocenters. The standard InChI is InChI=1S/C16H19BrN2/c1-18-13-8-6-7-12(11-13)16(19(2)3)14-9-4-5-10-15(14)17/h4-11,16,18H,1-3H3. The molecule has 0 radical (unpaired) electrons. The number of nitrogens with one attached hydrogen (secondary N) is 1. The van der Waals surface area contributed by atoms with Crippen molar-refractivity contribution in [3.05, 3.63) is 64.1 Å². The third kappa shape index (κ3) is 3.17. The maximum absolute atomic E-state index is 3.66. The minimum Gasteiger partial charge on any atom is -0.388 e. The van der Waals surface area contributed by atoms with Crippen LogP contribution in [0.5, 0.6) is 0 Å². The molecule has 100 valence electrons. The van der Waals surface area contributed by atoms with E-state index < -0.39 is 0 Å². The van der Waals surface area contributed by atoms with Crippen molar-refractivity contribution >= 4 is 21.6 Å².